The van der Waals surface area contributed by atoms with Crippen LogP contribution in [0.5, 0.6) is 0 Å². The first kappa shape index (κ1) is 25.7. The van der Waals surface area contributed by atoms with Crippen LogP contribution in [0.1, 0.15) is 56.7 Å². The van der Waals surface area contributed by atoms with E-state index in [9.17, 15) is 4.39 Å². The van der Waals surface area contributed by atoms with E-state index in [0.29, 0.717) is 16.5 Å². The normalized spacial score (nSPS) is 13.4. The fourth-order valence-electron chi connectivity index (χ4n) is 3.78. The van der Waals surface area contributed by atoms with Crippen LogP contribution in [0.2, 0.25) is 0 Å². The Kier molecular flexibility index (Phi) is 9.99. The Morgan fingerprint density at radius 3 is 2.41 bits per heavy atom. The molecular formula is C29H35ClFN. The topological polar surface area (TPSA) is 3.24 Å². The Bertz CT molecular complexity index is 985. The van der Waals surface area contributed by atoms with Crippen LogP contribution in [0, 0.1) is 18.7 Å². The van der Waals surface area contributed by atoms with Gasteiger partial charge in [-0.15, -0.1) is 0 Å². The van der Waals surface area contributed by atoms with Crippen LogP contribution in [0.4, 0.5) is 10.1 Å². The van der Waals surface area contributed by atoms with E-state index in [1.165, 1.54) is 30.5 Å². The lowest BCUT2D eigenvalue weighted by Crippen LogP contribution is -2.24. The van der Waals surface area contributed by atoms with Crippen LogP contribution in [0.3, 0.4) is 0 Å². The summed E-state index contributed by atoms with van der Waals surface area (Å²) in [5.41, 5.74) is 5.44. The zero-order valence-electron chi connectivity index (χ0n) is 19.8. The monoisotopic (exact) mass is 451 g/mol. The van der Waals surface area contributed by atoms with Gasteiger partial charge in [0, 0.05) is 23.5 Å². The zero-order chi connectivity index (χ0) is 23.7. The second-order valence-electron chi connectivity index (χ2n) is 8.36. The molecule has 0 fully saturated rings. The van der Waals surface area contributed by atoms with Crippen molar-refractivity contribution in [2.75, 3.05) is 11.4 Å². The SMILES string of the molecule is C=C/C(=C(Cl)\C=C(/C)N(CCC(C)CCC)c1ccc(C)cc1)c1ccc(F)c(C=C)c1. The van der Waals surface area contributed by atoms with Gasteiger partial charge in [-0.05, 0) is 67.7 Å². The number of allylic oxidation sites excluding steroid dienone is 5. The number of aryl methyl sites for hydroxylation is 1. The van der Waals surface area contributed by atoms with E-state index in [4.69, 9.17) is 11.6 Å². The molecule has 2 aromatic carbocycles. The van der Waals surface area contributed by atoms with Gasteiger partial charge in [0.25, 0.3) is 0 Å². The molecule has 0 heterocycles. The lowest BCUT2D eigenvalue weighted by Gasteiger charge is -2.27. The lowest BCUT2D eigenvalue weighted by molar-refractivity contribution is 0.488. The van der Waals surface area contributed by atoms with Crippen LogP contribution in [0.15, 0.2) is 78.5 Å². The average molecular weight is 452 g/mol. The van der Waals surface area contributed by atoms with Crippen molar-refractivity contribution in [2.24, 2.45) is 5.92 Å². The van der Waals surface area contributed by atoms with Gasteiger partial charge in [-0.25, -0.2) is 4.39 Å². The second kappa shape index (κ2) is 12.5. The summed E-state index contributed by atoms with van der Waals surface area (Å²) in [7, 11) is 0. The van der Waals surface area contributed by atoms with Gasteiger partial charge in [0.1, 0.15) is 5.82 Å². The van der Waals surface area contributed by atoms with Crippen LogP contribution < -0.4 is 4.90 Å². The molecule has 0 amide bonds. The molecule has 2 aromatic rings. The highest BCUT2D eigenvalue weighted by Crippen LogP contribution is 2.29. The molecule has 0 aliphatic rings. The van der Waals surface area contributed by atoms with E-state index < -0.39 is 0 Å². The molecule has 0 saturated carbocycles. The van der Waals surface area contributed by atoms with Crippen molar-refractivity contribution in [2.45, 2.75) is 47.0 Å². The molecule has 1 nitrogen and oxygen atoms in total. The van der Waals surface area contributed by atoms with Crippen LogP contribution in [0.25, 0.3) is 11.6 Å². The third kappa shape index (κ3) is 6.97. The first-order valence-corrected chi connectivity index (χ1v) is 11.7. The van der Waals surface area contributed by atoms with Crippen molar-refractivity contribution < 1.29 is 4.39 Å². The predicted molar refractivity (Wildman–Crippen MR) is 140 cm³/mol. The van der Waals surface area contributed by atoms with E-state index in [-0.39, 0.29) is 5.82 Å². The molecule has 3 heteroatoms. The molecule has 0 aromatic heterocycles. The maximum absolute atomic E-state index is 13.9. The first-order chi connectivity index (χ1) is 15.3. The number of nitrogens with zero attached hydrogens (tertiary/aromatic N) is 1. The molecule has 0 radical (unpaired) electrons. The third-order valence-corrected chi connectivity index (χ3v) is 6.04. The van der Waals surface area contributed by atoms with Gasteiger partial charge in [0.05, 0.1) is 5.03 Å². The molecule has 32 heavy (non-hydrogen) atoms. The largest absolute Gasteiger partial charge is 0.345 e. The van der Waals surface area contributed by atoms with Gasteiger partial charge in [-0.2, -0.15) is 0 Å². The number of hydrogen-bond acceptors (Lipinski definition) is 1. The van der Waals surface area contributed by atoms with Crippen molar-refractivity contribution in [3.63, 3.8) is 0 Å². The van der Waals surface area contributed by atoms with Crippen molar-refractivity contribution in [1.29, 1.82) is 0 Å². The summed E-state index contributed by atoms with van der Waals surface area (Å²) in [6.07, 6.45) is 8.71. The molecule has 1 unspecified atom stereocenters. The highest BCUT2D eigenvalue weighted by molar-refractivity contribution is 6.35. The Morgan fingerprint density at radius 1 is 1.12 bits per heavy atom. The van der Waals surface area contributed by atoms with Crippen molar-refractivity contribution in [3.8, 4) is 0 Å². The van der Waals surface area contributed by atoms with Crippen molar-refractivity contribution in [3.05, 3.63) is 101 Å². The van der Waals surface area contributed by atoms with Gasteiger partial charge in [0.2, 0.25) is 0 Å². The van der Waals surface area contributed by atoms with Gasteiger partial charge in [0.15, 0.2) is 0 Å². The Morgan fingerprint density at radius 2 is 1.81 bits per heavy atom. The summed E-state index contributed by atoms with van der Waals surface area (Å²) < 4.78 is 13.9. The van der Waals surface area contributed by atoms with E-state index in [0.717, 1.165) is 35.5 Å². The van der Waals surface area contributed by atoms with E-state index >= 15 is 0 Å². The fraction of sp³-hybridized carbons (Fsp3) is 0.310. The Labute approximate surface area is 198 Å². The van der Waals surface area contributed by atoms with E-state index in [1.54, 1.807) is 18.2 Å². The fourth-order valence-corrected chi connectivity index (χ4v) is 4.12. The lowest BCUT2D eigenvalue weighted by atomic mass is 10.0. The summed E-state index contributed by atoms with van der Waals surface area (Å²) in [6.45, 7) is 17.2. The van der Waals surface area contributed by atoms with Crippen molar-refractivity contribution >= 4 is 28.9 Å². The molecule has 0 bridgehead atoms. The number of rotatable bonds is 11. The summed E-state index contributed by atoms with van der Waals surface area (Å²) in [5.74, 6) is 0.355. The number of hydrogen-bond donors (Lipinski definition) is 0. The minimum Gasteiger partial charge on any atom is -0.345 e. The molecular weight excluding hydrogens is 417 g/mol. The number of benzene rings is 2. The highest BCUT2D eigenvalue weighted by Gasteiger charge is 2.13. The summed E-state index contributed by atoms with van der Waals surface area (Å²) >= 11 is 6.77. The maximum Gasteiger partial charge on any atom is 0.130 e. The van der Waals surface area contributed by atoms with Crippen LogP contribution in [-0.4, -0.2) is 6.54 Å². The van der Waals surface area contributed by atoms with Gasteiger partial charge < -0.3 is 4.90 Å². The number of halogens is 2. The van der Waals surface area contributed by atoms with Gasteiger partial charge >= 0.3 is 0 Å². The standard InChI is InChI=1S/C29H35ClFN/c1-7-10-21(4)17-18-32(26-14-11-22(5)12-15-26)23(6)19-28(30)27(9-3)25-13-16-29(31)24(8-2)20-25/h8-9,11-16,19-21H,2-3,7,10,17-18H2,1,4-6H3/b23-19+,28-27-. The molecule has 0 saturated heterocycles. The predicted octanol–water partition coefficient (Wildman–Crippen LogP) is 9.15. The van der Waals surface area contributed by atoms with E-state index in [2.05, 4.69) is 70.0 Å². The van der Waals surface area contributed by atoms with Crippen LogP contribution in [-0.2, 0) is 0 Å². The maximum atomic E-state index is 13.9. The minimum absolute atomic E-state index is 0.304. The first-order valence-electron chi connectivity index (χ1n) is 11.3. The average Bonchev–Trinajstić information content (AvgIpc) is 2.76. The molecule has 0 aliphatic carbocycles. The highest BCUT2D eigenvalue weighted by atomic mass is 35.5. The molecule has 2 rings (SSSR count). The molecule has 0 aliphatic heterocycles. The molecule has 170 valence electrons. The molecule has 0 N–H and O–H groups in total. The van der Waals surface area contributed by atoms with E-state index in [1.807, 2.05) is 6.08 Å². The smallest absolute Gasteiger partial charge is 0.130 e. The second-order valence-corrected chi connectivity index (χ2v) is 8.77. The van der Waals surface area contributed by atoms with Gasteiger partial charge in [-0.1, -0.05) is 87.4 Å². The third-order valence-electron chi connectivity index (χ3n) is 5.72. The molecule has 0 spiro atoms. The van der Waals surface area contributed by atoms with Crippen molar-refractivity contribution in [1.82, 2.24) is 0 Å². The summed E-state index contributed by atoms with van der Waals surface area (Å²) in [6, 6.07) is 13.5. The van der Waals surface area contributed by atoms with Gasteiger partial charge in [-0.3, -0.25) is 0 Å². The zero-order valence-corrected chi connectivity index (χ0v) is 20.6. The Balaban J connectivity index is 2.43. The van der Waals surface area contributed by atoms with Crippen LogP contribution >= 0.6 is 11.6 Å². The minimum atomic E-state index is -0.304. The summed E-state index contributed by atoms with van der Waals surface area (Å²) in [4.78, 5) is 2.31. The Hall–Kier alpha value is -2.58. The molecule has 1 atom stereocenters. The quantitative estimate of drug-likeness (QED) is 0.308. The summed E-state index contributed by atoms with van der Waals surface area (Å²) in [5, 5.41) is 0.567. The number of anilines is 1.